The van der Waals surface area contributed by atoms with Crippen molar-refractivity contribution in [3.05, 3.63) is 68.6 Å². The van der Waals surface area contributed by atoms with E-state index in [1.54, 1.807) is 31.4 Å². The van der Waals surface area contributed by atoms with Gasteiger partial charge in [-0.3, -0.25) is 14.9 Å². The number of aryl methyl sites for hydroxylation is 1. The van der Waals surface area contributed by atoms with Crippen molar-refractivity contribution in [2.24, 2.45) is 7.05 Å². The molecule has 0 aliphatic carbocycles. The van der Waals surface area contributed by atoms with Gasteiger partial charge in [-0.25, -0.2) is 0 Å². The monoisotopic (exact) mass is 259 g/mol. The first-order valence-corrected chi connectivity index (χ1v) is 5.70. The molecule has 6 heteroatoms. The van der Waals surface area contributed by atoms with Crippen molar-refractivity contribution < 1.29 is 4.92 Å². The molecule has 0 unspecified atom stereocenters. The number of hydrogen-bond acceptors (Lipinski definition) is 4. The van der Waals surface area contributed by atoms with Gasteiger partial charge < -0.3 is 9.88 Å². The molecule has 0 spiro atoms. The van der Waals surface area contributed by atoms with Gasteiger partial charge in [0.15, 0.2) is 0 Å². The summed E-state index contributed by atoms with van der Waals surface area (Å²) in [4.78, 5) is 21.3. The number of anilines is 1. The molecule has 0 saturated heterocycles. The fourth-order valence-corrected chi connectivity index (χ4v) is 1.64. The molecule has 0 atom stereocenters. The van der Waals surface area contributed by atoms with Crippen LogP contribution in [0.2, 0.25) is 0 Å². The molecule has 2 rings (SSSR count). The Bertz CT molecular complexity index is 647. The molecule has 19 heavy (non-hydrogen) atoms. The predicted molar refractivity (Wildman–Crippen MR) is 72.1 cm³/mol. The molecule has 2 aromatic rings. The van der Waals surface area contributed by atoms with Crippen molar-refractivity contribution in [1.29, 1.82) is 0 Å². The number of nitrogens with zero attached hydrogens (tertiary/aromatic N) is 2. The van der Waals surface area contributed by atoms with E-state index in [2.05, 4.69) is 5.32 Å². The minimum atomic E-state index is -0.426. The first-order valence-electron chi connectivity index (χ1n) is 5.70. The molecule has 0 radical (unpaired) electrons. The van der Waals surface area contributed by atoms with E-state index in [1.807, 2.05) is 0 Å². The van der Waals surface area contributed by atoms with Crippen LogP contribution in [0.4, 0.5) is 11.4 Å². The largest absolute Gasteiger partial charge is 0.380 e. The summed E-state index contributed by atoms with van der Waals surface area (Å²) in [6.07, 6.45) is 1.70. The van der Waals surface area contributed by atoms with E-state index in [0.717, 1.165) is 11.3 Å². The van der Waals surface area contributed by atoms with Crippen LogP contribution in [0.25, 0.3) is 0 Å². The Balaban J connectivity index is 2.03. The van der Waals surface area contributed by atoms with Gasteiger partial charge >= 0.3 is 0 Å². The maximum absolute atomic E-state index is 11.2. The lowest BCUT2D eigenvalue weighted by atomic mass is 10.2. The summed E-state index contributed by atoms with van der Waals surface area (Å²) in [6, 6.07) is 9.53. The molecule has 0 bridgehead atoms. The molecular formula is C13H13N3O3. The molecule has 0 aliphatic heterocycles. The number of benzene rings is 1. The molecule has 98 valence electrons. The van der Waals surface area contributed by atoms with Gasteiger partial charge in [0.1, 0.15) is 0 Å². The zero-order valence-electron chi connectivity index (χ0n) is 10.4. The van der Waals surface area contributed by atoms with E-state index in [1.165, 1.54) is 22.8 Å². The lowest BCUT2D eigenvalue weighted by molar-refractivity contribution is -0.384. The fraction of sp³-hybridized carbons (Fsp3) is 0.154. The van der Waals surface area contributed by atoms with Crippen LogP contribution in [0.1, 0.15) is 5.56 Å². The molecule has 1 N–H and O–H groups in total. The van der Waals surface area contributed by atoms with Crippen molar-refractivity contribution in [3.63, 3.8) is 0 Å². The number of hydrogen-bond donors (Lipinski definition) is 1. The lowest BCUT2D eigenvalue weighted by Crippen LogP contribution is -2.15. The molecule has 0 fully saturated rings. The van der Waals surface area contributed by atoms with E-state index in [4.69, 9.17) is 0 Å². The van der Waals surface area contributed by atoms with Crippen LogP contribution in [0.5, 0.6) is 0 Å². The van der Waals surface area contributed by atoms with Crippen molar-refractivity contribution >= 4 is 11.4 Å². The molecule has 1 aromatic carbocycles. The number of pyridine rings is 1. The second-order valence-electron chi connectivity index (χ2n) is 4.14. The number of non-ortho nitro benzene ring substituents is 1. The summed E-state index contributed by atoms with van der Waals surface area (Å²) in [5.41, 5.74) is 1.76. The average Bonchev–Trinajstić information content (AvgIpc) is 2.40. The van der Waals surface area contributed by atoms with Crippen LogP contribution >= 0.6 is 0 Å². The van der Waals surface area contributed by atoms with Gasteiger partial charge in [0.2, 0.25) is 5.56 Å². The SMILES string of the molecule is Cn1cc(NCc2ccc([N+](=O)[O-])cc2)ccc1=O. The van der Waals surface area contributed by atoms with E-state index in [9.17, 15) is 14.9 Å². The van der Waals surface area contributed by atoms with Gasteiger partial charge in [0, 0.05) is 38.0 Å². The Labute approximate surface area is 109 Å². The van der Waals surface area contributed by atoms with E-state index in [0.29, 0.717) is 6.54 Å². The van der Waals surface area contributed by atoms with E-state index in [-0.39, 0.29) is 11.2 Å². The summed E-state index contributed by atoms with van der Waals surface area (Å²) >= 11 is 0. The van der Waals surface area contributed by atoms with Crippen molar-refractivity contribution in [3.8, 4) is 0 Å². The first kappa shape index (κ1) is 12.8. The Morgan fingerprint density at radius 3 is 2.47 bits per heavy atom. The zero-order chi connectivity index (χ0) is 13.8. The Hall–Kier alpha value is -2.63. The van der Waals surface area contributed by atoms with Crippen LogP contribution in [0, 0.1) is 10.1 Å². The Morgan fingerprint density at radius 2 is 1.89 bits per heavy atom. The number of rotatable bonds is 4. The maximum atomic E-state index is 11.2. The summed E-state index contributed by atoms with van der Waals surface area (Å²) < 4.78 is 1.48. The predicted octanol–water partition coefficient (Wildman–Crippen LogP) is 1.91. The highest BCUT2D eigenvalue weighted by molar-refractivity contribution is 5.42. The minimum Gasteiger partial charge on any atom is -0.380 e. The Morgan fingerprint density at radius 1 is 1.21 bits per heavy atom. The average molecular weight is 259 g/mol. The highest BCUT2D eigenvalue weighted by Gasteiger charge is 2.03. The summed E-state index contributed by atoms with van der Waals surface area (Å²) in [7, 11) is 1.68. The topological polar surface area (TPSA) is 77.2 Å². The van der Waals surface area contributed by atoms with Crippen molar-refractivity contribution in [1.82, 2.24) is 4.57 Å². The van der Waals surface area contributed by atoms with Gasteiger partial charge in [0.05, 0.1) is 10.6 Å². The van der Waals surface area contributed by atoms with Crippen LogP contribution in [-0.4, -0.2) is 9.49 Å². The second-order valence-corrected chi connectivity index (χ2v) is 4.14. The highest BCUT2D eigenvalue weighted by atomic mass is 16.6. The summed E-state index contributed by atoms with van der Waals surface area (Å²) in [6.45, 7) is 0.538. The molecule has 0 aliphatic rings. The summed E-state index contributed by atoms with van der Waals surface area (Å²) in [5.74, 6) is 0. The summed E-state index contributed by atoms with van der Waals surface area (Å²) in [5, 5.41) is 13.7. The first-order chi connectivity index (χ1) is 9.06. The third kappa shape index (κ3) is 3.19. The van der Waals surface area contributed by atoms with Crippen molar-refractivity contribution in [2.75, 3.05) is 5.32 Å². The molecule has 1 aromatic heterocycles. The zero-order valence-corrected chi connectivity index (χ0v) is 10.4. The van der Waals surface area contributed by atoms with E-state index >= 15 is 0 Å². The van der Waals surface area contributed by atoms with Gasteiger partial charge in [-0.15, -0.1) is 0 Å². The standard InChI is InChI=1S/C13H13N3O3/c1-15-9-11(4-7-13(15)17)14-8-10-2-5-12(6-3-10)16(18)19/h2-7,9,14H,8H2,1H3. The number of aromatic nitrogens is 1. The smallest absolute Gasteiger partial charge is 0.269 e. The number of nitro benzene ring substituents is 1. The van der Waals surface area contributed by atoms with Crippen LogP contribution in [0.15, 0.2) is 47.4 Å². The van der Waals surface area contributed by atoms with Gasteiger partial charge in [0.25, 0.3) is 5.69 Å². The maximum Gasteiger partial charge on any atom is 0.269 e. The third-order valence-corrected chi connectivity index (χ3v) is 2.73. The van der Waals surface area contributed by atoms with Gasteiger partial charge in [-0.1, -0.05) is 12.1 Å². The van der Waals surface area contributed by atoms with E-state index < -0.39 is 4.92 Å². The lowest BCUT2D eigenvalue weighted by Gasteiger charge is -2.07. The minimum absolute atomic E-state index is 0.0686. The molecular weight excluding hydrogens is 246 g/mol. The third-order valence-electron chi connectivity index (χ3n) is 2.73. The normalized spacial score (nSPS) is 10.2. The molecule has 6 nitrogen and oxygen atoms in total. The van der Waals surface area contributed by atoms with Crippen LogP contribution < -0.4 is 10.9 Å². The van der Waals surface area contributed by atoms with Crippen LogP contribution in [0.3, 0.4) is 0 Å². The number of nitro groups is 1. The molecule has 1 heterocycles. The highest BCUT2D eigenvalue weighted by Crippen LogP contribution is 2.13. The van der Waals surface area contributed by atoms with Crippen LogP contribution in [-0.2, 0) is 13.6 Å². The second kappa shape index (κ2) is 5.34. The van der Waals surface area contributed by atoms with Crippen molar-refractivity contribution in [2.45, 2.75) is 6.54 Å². The fourth-order valence-electron chi connectivity index (χ4n) is 1.64. The molecule has 0 amide bonds. The quantitative estimate of drug-likeness (QED) is 0.672. The molecule has 0 saturated carbocycles. The van der Waals surface area contributed by atoms with Gasteiger partial charge in [-0.05, 0) is 11.6 Å². The number of nitrogens with one attached hydrogen (secondary N) is 1. The van der Waals surface area contributed by atoms with Gasteiger partial charge in [-0.2, -0.15) is 0 Å². The Kier molecular flexibility index (Phi) is 3.61.